The van der Waals surface area contributed by atoms with Crippen molar-refractivity contribution in [2.24, 2.45) is 0 Å². The molecular weight excluding hydrogens is 308 g/mol. The van der Waals surface area contributed by atoms with Crippen LogP contribution in [0.3, 0.4) is 0 Å². The number of thiophene rings is 1. The summed E-state index contributed by atoms with van der Waals surface area (Å²) in [6, 6.07) is 8.94. The molecule has 110 valence electrons. The van der Waals surface area contributed by atoms with Crippen molar-refractivity contribution in [2.45, 2.75) is 0 Å². The Morgan fingerprint density at radius 3 is 2.86 bits per heavy atom. The van der Waals surface area contributed by atoms with E-state index in [2.05, 4.69) is 15.5 Å². The number of nitro groups is 1. The van der Waals surface area contributed by atoms with E-state index in [-0.39, 0.29) is 17.3 Å². The summed E-state index contributed by atoms with van der Waals surface area (Å²) < 4.78 is 5.32. The molecule has 1 aromatic carbocycles. The first-order chi connectivity index (χ1) is 10.6. The highest BCUT2D eigenvalue weighted by Crippen LogP contribution is 2.24. The lowest BCUT2D eigenvalue weighted by Gasteiger charge is -2.00. The Kier molecular flexibility index (Phi) is 3.62. The lowest BCUT2D eigenvalue weighted by Crippen LogP contribution is -2.12. The number of anilines is 1. The second-order valence-corrected chi connectivity index (χ2v) is 5.10. The molecular formula is C13H8N4O4S. The van der Waals surface area contributed by atoms with Gasteiger partial charge in [0.15, 0.2) is 0 Å². The third-order valence-electron chi connectivity index (χ3n) is 2.70. The fraction of sp³-hybridized carbons (Fsp3) is 0. The maximum atomic E-state index is 12.0. The van der Waals surface area contributed by atoms with Crippen LogP contribution >= 0.6 is 11.3 Å². The Morgan fingerprint density at radius 2 is 2.14 bits per heavy atom. The first kappa shape index (κ1) is 13.9. The van der Waals surface area contributed by atoms with E-state index in [1.807, 2.05) is 17.5 Å². The number of hydrogen-bond acceptors (Lipinski definition) is 7. The average Bonchev–Trinajstić information content (AvgIpc) is 3.18. The highest BCUT2D eigenvalue weighted by molar-refractivity contribution is 7.13. The predicted octanol–water partition coefficient (Wildman–Crippen LogP) is 2.96. The van der Waals surface area contributed by atoms with E-state index in [0.717, 1.165) is 4.88 Å². The number of amides is 1. The lowest BCUT2D eigenvalue weighted by molar-refractivity contribution is -0.384. The summed E-state index contributed by atoms with van der Waals surface area (Å²) in [5, 5.41) is 22.5. The van der Waals surface area contributed by atoms with Gasteiger partial charge < -0.3 is 4.42 Å². The number of carbonyl (C=O) groups is 1. The summed E-state index contributed by atoms with van der Waals surface area (Å²) in [5.41, 5.74) is -0.0393. The molecule has 0 aliphatic carbocycles. The molecule has 0 atom stereocenters. The van der Waals surface area contributed by atoms with Crippen LogP contribution in [0.4, 0.5) is 11.7 Å². The summed E-state index contributed by atoms with van der Waals surface area (Å²) >= 11 is 1.43. The SMILES string of the molecule is O=C(Nc1nnc(-c2cccs2)o1)c1cccc([N+](=O)[O-])c1. The van der Waals surface area contributed by atoms with Gasteiger partial charge in [-0.2, -0.15) is 0 Å². The number of hydrogen-bond donors (Lipinski definition) is 1. The zero-order chi connectivity index (χ0) is 15.5. The Bertz CT molecular complexity index is 828. The molecule has 22 heavy (non-hydrogen) atoms. The van der Waals surface area contributed by atoms with Gasteiger partial charge in [0.05, 0.1) is 9.80 Å². The molecule has 1 amide bonds. The van der Waals surface area contributed by atoms with Crippen LogP contribution in [-0.4, -0.2) is 21.0 Å². The van der Waals surface area contributed by atoms with Crippen molar-refractivity contribution in [1.29, 1.82) is 0 Å². The Hall–Kier alpha value is -3.07. The fourth-order valence-corrected chi connectivity index (χ4v) is 2.35. The van der Waals surface area contributed by atoms with Crippen LogP contribution in [0.1, 0.15) is 10.4 Å². The van der Waals surface area contributed by atoms with Crippen LogP contribution in [0.25, 0.3) is 10.8 Å². The molecule has 9 heteroatoms. The minimum Gasteiger partial charge on any atom is -0.402 e. The number of aromatic nitrogens is 2. The average molecular weight is 316 g/mol. The van der Waals surface area contributed by atoms with Crippen molar-refractivity contribution in [3.8, 4) is 10.8 Å². The molecule has 0 saturated carbocycles. The van der Waals surface area contributed by atoms with Crippen molar-refractivity contribution in [1.82, 2.24) is 10.2 Å². The molecule has 3 aromatic rings. The van der Waals surface area contributed by atoms with Gasteiger partial charge >= 0.3 is 6.01 Å². The normalized spacial score (nSPS) is 10.4. The minimum absolute atomic E-state index is 0.0695. The first-order valence-electron chi connectivity index (χ1n) is 6.06. The number of benzene rings is 1. The van der Waals surface area contributed by atoms with Crippen LogP contribution < -0.4 is 5.32 Å². The van der Waals surface area contributed by atoms with Crippen molar-refractivity contribution >= 4 is 28.9 Å². The van der Waals surface area contributed by atoms with Gasteiger partial charge in [-0.05, 0) is 17.5 Å². The number of rotatable bonds is 4. The number of nitrogens with zero attached hydrogens (tertiary/aromatic N) is 3. The maximum Gasteiger partial charge on any atom is 0.322 e. The van der Waals surface area contributed by atoms with E-state index >= 15 is 0 Å². The van der Waals surface area contributed by atoms with Crippen molar-refractivity contribution < 1.29 is 14.1 Å². The van der Waals surface area contributed by atoms with Gasteiger partial charge in [0.25, 0.3) is 17.5 Å². The zero-order valence-corrected chi connectivity index (χ0v) is 11.7. The van der Waals surface area contributed by atoms with E-state index in [4.69, 9.17) is 4.42 Å². The standard InChI is InChI=1S/C13H8N4O4S/c18-11(8-3-1-4-9(7-8)17(19)20)14-13-16-15-12(21-13)10-5-2-6-22-10/h1-7H,(H,14,16,18). The van der Waals surface area contributed by atoms with Crippen LogP contribution in [0, 0.1) is 10.1 Å². The second-order valence-electron chi connectivity index (χ2n) is 4.15. The highest BCUT2D eigenvalue weighted by Gasteiger charge is 2.15. The van der Waals surface area contributed by atoms with Gasteiger partial charge in [0, 0.05) is 17.7 Å². The molecule has 0 saturated heterocycles. The number of non-ortho nitro benzene ring substituents is 1. The summed E-state index contributed by atoms with van der Waals surface area (Å²) in [6.45, 7) is 0. The Balaban J connectivity index is 1.77. The van der Waals surface area contributed by atoms with Gasteiger partial charge in [0.1, 0.15) is 0 Å². The van der Waals surface area contributed by atoms with Crippen LogP contribution in [0.2, 0.25) is 0 Å². The van der Waals surface area contributed by atoms with Gasteiger partial charge in [0.2, 0.25) is 0 Å². The number of nitrogens with one attached hydrogen (secondary N) is 1. The summed E-state index contributed by atoms with van der Waals surface area (Å²) in [6.07, 6.45) is 0. The van der Waals surface area contributed by atoms with Crippen LogP contribution in [-0.2, 0) is 0 Å². The number of nitro benzene ring substituents is 1. The van der Waals surface area contributed by atoms with E-state index < -0.39 is 10.8 Å². The topological polar surface area (TPSA) is 111 Å². The van der Waals surface area contributed by atoms with E-state index in [0.29, 0.717) is 5.89 Å². The smallest absolute Gasteiger partial charge is 0.322 e. The molecule has 3 rings (SSSR count). The molecule has 0 aliphatic rings. The monoisotopic (exact) mass is 316 g/mol. The first-order valence-corrected chi connectivity index (χ1v) is 6.94. The largest absolute Gasteiger partial charge is 0.402 e. The zero-order valence-electron chi connectivity index (χ0n) is 10.9. The van der Waals surface area contributed by atoms with E-state index in [9.17, 15) is 14.9 Å². The van der Waals surface area contributed by atoms with Crippen LogP contribution in [0.15, 0.2) is 46.2 Å². The molecule has 0 fully saturated rings. The van der Waals surface area contributed by atoms with Crippen molar-refractivity contribution in [2.75, 3.05) is 5.32 Å². The molecule has 0 bridgehead atoms. The molecule has 2 heterocycles. The molecule has 2 aromatic heterocycles. The fourth-order valence-electron chi connectivity index (χ4n) is 1.70. The van der Waals surface area contributed by atoms with Gasteiger partial charge in [-0.3, -0.25) is 20.2 Å². The summed E-state index contributed by atoms with van der Waals surface area (Å²) in [7, 11) is 0. The van der Waals surface area contributed by atoms with E-state index in [1.165, 1.54) is 35.6 Å². The summed E-state index contributed by atoms with van der Waals surface area (Å²) in [5.74, 6) is -0.269. The number of carbonyl (C=O) groups excluding carboxylic acids is 1. The third-order valence-corrected chi connectivity index (χ3v) is 3.55. The van der Waals surface area contributed by atoms with Gasteiger partial charge in [-0.25, -0.2) is 0 Å². The molecule has 0 spiro atoms. The molecule has 0 aliphatic heterocycles. The Morgan fingerprint density at radius 1 is 1.27 bits per heavy atom. The second kappa shape index (κ2) is 5.74. The van der Waals surface area contributed by atoms with Crippen molar-refractivity contribution in [3.05, 3.63) is 57.5 Å². The molecule has 0 unspecified atom stereocenters. The van der Waals surface area contributed by atoms with E-state index in [1.54, 1.807) is 0 Å². The minimum atomic E-state index is -0.571. The Labute approximate surface area is 127 Å². The molecule has 1 N–H and O–H groups in total. The summed E-state index contributed by atoms with van der Waals surface area (Å²) in [4.78, 5) is 22.9. The molecule has 0 radical (unpaired) electrons. The predicted molar refractivity (Wildman–Crippen MR) is 78.7 cm³/mol. The van der Waals surface area contributed by atoms with Gasteiger partial charge in [-0.15, -0.1) is 16.4 Å². The van der Waals surface area contributed by atoms with Gasteiger partial charge in [-0.1, -0.05) is 17.2 Å². The maximum absolute atomic E-state index is 12.0. The van der Waals surface area contributed by atoms with Crippen molar-refractivity contribution in [3.63, 3.8) is 0 Å². The van der Waals surface area contributed by atoms with Crippen LogP contribution in [0.5, 0.6) is 0 Å². The molecule has 8 nitrogen and oxygen atoms in total. The highest BCUT2D eigenvalue weighted by atomic mass is 32.1. The third kappa shape index (κ3) is 2.83. The quantitative estimate of drug-likeness (QED) is 0.585. The lowest BCUT2D eigenvalue weighted by atomic mass is 10.2.